The summed E-state index contributed by atoms with van der Waals surface area (Å²) in [6.07, 6.45) is 2.66. The van der Waals surface area contributed by atoms with Crippen molar-refractivity contribution in [1.29, 1.82) is 0 Å². The quantitative estimate of drug-likeness (QED) is 0.513. The van der Waals surface area contributed by atoms with Gasteiger partial charge in [-0.15, -0.1) is 0 Å². The molecule has 0 saturated heterocycles. The molecule has 0 fully saturated rings. The third-order valence-corrected chi connectivity index (χ3v) is 4.24. The van der Waals surface area contributed by atoms with Gasteiger partial charge < -0.3 is 4.90 Å². The van der Waals surface area contributed by atoms with E-state index in [4.69, 9.17) is 0 Å². The monoisotopic (exact) mass is 297 g/mol. The van der Waals surface area contributed by atoms with Crippen molar-refractivity contribution in [1.82, 2.24) is 4.90 Å². The van der Waals surface area contributed by atoms with Crippen LogP contribution in [0.25, 0.3) is 0 Å². The second-order valence-electron chi connectivity index (χ2n) is 3.78. The van der Waals surface area contributed by atoms with E-state index in [1.54, 1.807) is 0 Å². The van der Waals surface area contributed by atoms with Crippen molar-refractivity contribution in [2.45, 2.75) is 46.6 Å². The highest BCUT2D eigenvalue weighted by molar-refractivity contribution is 14.1. The Morgan fingerprint density at radius 3 is 2.00 bits per heavy atom. The van der Waals surface area contributed by atoms with Crippen LogP contribution in [0.3, 0.4) is 0 Å². The summed E-state index contributed by atoms with van der Waals surface area (Å²) in [5.74, 6) is 0.867. The average molecular weight is 297 g/mol. The number of rotatable bonds is 7. The standard InChI is InChI=1S/C11H24IN/c1-5-11(8-10(4)9-12)13(6-2)7-3/h10-11H,5-9H2,1-4H3. The van der Waals surface area contributed by atoms with Gasteiger partial charge in [0.1, 0.15) is 0 Å². The minimum atomic E-state index is 0.805. The molecule has 0 bridgehead atoms. The smallest absolute Gasteiger partial charge is 0.00952 e. The van der Waals surface area contributed by atoms with Crippen LogP contribution in [-0.4, -0.2) is 28.5 Å². The second-order valence-corrected chi connectivity index (χ2v) is 4.66. The second kappa shape index (κ2) is 8.04. The van der Waals surface area contributed by atoms with Crippen molar-refractivity contribution in [3.8, 4) is 0 Å². The van der Waals surface area contributed by atoms with E-state index in [9.17, 15) is 0 Å². The zero-order chi connectivity index (χ0) is 10.3. The maximum absolute atomic E-state index is 2.59. The van der Waals surface area contributed by atoms with Gasteiger partial charge in [-0.05, 0) is 31.8 Å². The highest BCUT2D eigenvalue weighted by atomic mass is 127. The van der Waals surface area contributed by atoms with Gasteiger partial charge in [0, 0.05) is 10.5 Å². The van der Waals surface area contributed by atoms with Crippen LogP contribution in [0.2, 0.25) is 0 Å². The summed E-state index contributed by atoms with van der Waals surface area (Å²) in [5, 5.41) is 0. The highest BCUT2D eigenvalue weighted by Crippen LogP contribution is 2.16. The molecule has 0 N–H and O–H groups in total. The fourth-order valence-electron chi connectivity index (χ4n) is 1.84. The fourth-order valence-corrected chi connectivity index (χ4v) is 2.20. The Morgan fingerprint density at radius 2 is 1.69 bits per heavy atom. The molecule has 0 aliphatic carbocycles. The molecule has 0 aromatic rings. The van der Waals surface area contributed by atoms with Crippen LogP contribution >= 0.6 is 22.6 Å². The lowest BCUT2D eigenvalue weighted by Gasteiger charge is -2.30. The maximum Gasteiger partial charge on any atom is 0.00952 e. The number of alkyl halides is 1. The molecule has 0 aromatic carbocycles. The lowest BCUT2D eigenvalue weighted by atomic mass is 10.0. The first kappa shape index (κ1) is 13.7. The normalized spacial score (nSPS) is 16.2. The predicted octanol–water partition coefficient (Wildman–Crippen LogP) is 3.57. The third kappa shape index (κ3) is 5.21. The molecule has 0 rings (SSSR count). The summed E-state index contributed by atoms with van der Waals surface area (Å²) in [5.41, 5.74) is 0. The van der Waals surface area contributed by atoms with Crippen molar-refractivity contribution in [3.05, 3.63) is 0 Å². The van der Waals surface area contributed by atoms with E-state index in [0.29, 0.717) is 0 Å². The maximum atomic E-state index is 2.59. The van der Waals surface area contributed by atoms with E-state index in [1.807, 2.05) is 0 Å². The number of halogens is 1. The summed E-state index contributed by atoms with van der Waals surface area (Å²) in [4.78, 5) is 2.59. The fraction of sp³-hybridized carbons (Fsp3) is 1.00. The molecule has 0 amide bonds. The molecule has 0 radical (unpaired) electrons. The van der Waals surface area contributed by atoms with Crippen LogP contribution in [0.5, 0.6) is 0 Å². The van der Waals surface area contributed by atoms with Crippen LogP contribution < -0.4 is 0 Å². The van der Waals surface area contributed by atoms with Gasteiger partial charge in [0.15, 0.2) is 0 Å². The van der Waals surface area contributed by atoms with Gasteiger partial charge in [-0.25, -0.2) is 0 Å². The molecular weight excluding hydrogens is 273 g/mol. The summed E-state index contributed by atoms with van der Waals surface area (Å²) >= 11 is 2.49. The molecule has 0 heterocycles. The molecule has 2 heteroatoms. The Morgan fingerprint density at radius 1 is 1.15 bits per heavy atom. The lowest BCUT2D eigenvalue weighted by molar-refractivity contribution is 0.187. The van der Waals surface area contributed by atoms with E-state index >= 15 is 0 Å². The summed E-state index contributed by atoms with van der Waals surface area (Å²) < 4.78 is 1.29. The van der Waals surface area contributed by atoms with Gasteiger partial charge in [0.25, 0.3) is 0 Å². The van der Waals surface area contributed by atoms with Crippen LogP contribution in [0, 0.1) is 5.92 Å². The minimum Gasteiger partial charge on any atom is -0.301 e. The summed E-state index contributed by atoms with van der Waals surface area (Å²) in [6.45, 7) is 11.6. The summed E-state index contributed by atoms with van der Waals surface area (Å²) in [6, 6.07) is 0.805. The molecule has 13 heavy (non-hydrogen) atoms. The zero-order valence-electron chi connectivity index (χ0n) is 9.52. The van der Waals surface area contributed by atoms with Crippen molar-refractivity contribution in [2.75, 3.05) is 17.5 Å². The summed E-state index contributed by atoms with van der Waals surface area (Å²) in [7, 11) is 0. The Balaban J connectivity index is 3.98. The number of hydrogen-bond donors (Lipinski definition) is 0. The van der Waals surface area contributed by atoms with Gasteiger partial charge in [-0.1, -0.05) is 50.3 Å². The Labute approximate surface area is 97.4 Å². The highest BCUT2D eigenvalue weighted by Gasteiger charge is 2.15. The Kier molecular flexibility index (Phi) is 8.46. The van der Waals surface area contributed by atoms with Crippen molar-refractivity contribution in [2.24, 2.45) is 5.92 Å². The Bertz CT molecular complexity index is 113. The first-order chi connectivity index (χ1) is 6.19. The molecule has 0 aromatic heterocycles. The van der Waals surface area contributed by atoms with E-state index in [2.05, 4.69) is 55.2 Å². The topological polar surface area (TPSA) is 3.24 Å². The number of nitrogens with zero attached hydrogens (tertiary/aromatic N) is 1. The minimum absolute atomic E-state index is 0.805. The molecule has 1 nitrogen and oxygen atoms in total. The molecule has 0 spiro atoms. The number of hydrogen-bond acceptors (Lipinski definition) is 1. The SMILES string of the molecule is CCC(CC(C)CI)N(CC)CC. The van der Waals surface area contributed by atoms with Crippen molar-refractivity contribution < 1.29 is 0 Å². The first-order valence-electron chi connectivity index (χ1n) is 5.49. The molecule has 2 unspecified atom stereocenters. The first-order valence-corrected chi connectivity index (χ1v) is 7.02. The van der Waals surface area contributed by atoms with Gasteiger partial charge in [-0.2, -0.15) is 0 Å². The van der Waals surface area contributed by atoms with Gasteiger partial charge >= 0.3 is 0 Å². The molecule has 0 aliphatic heterocycles. The van der Waals surface area contributed by atoms with E-state index in [0.717, 1.165) is 12.0 Å². The largest absolute Gasteiger partial charge is 0.301 e. The molecular formula is C11H24IN. The lowest BCUT2D eigenvalue weighted by Crippen LogP contribution is -2.35. The van der Waals surface area contributed by atoms with Gasteiger partial charge in [-0.3, -0.25) is 0 Å². The van der Waals surface area contributed by atoms with E-state index in [1.165, 1.54) is 30.4 Å². The third-order valence-electron chi connectivity index (χ3n) is 2.74. The predicted molar refractivity (Wildman–Crippen MR) is 69.7 cm³/mol. The van der Waals surface area contributed by atoms with Crippen LogP contribution in [0.15, 0.2) is 0 Å². The molecule has 80 valence electrons. The average Bonchev–Trinajstić information content (AvgIpc) is 2.17. The van der Waals surface area contributed by atoms with E-state index < -0.39 is 0 Å². The molecule has 0 aliphatic rings. The van der Waals surface area contributed by atoms with Crippen LogP contribution in [-0.2, 0) is 0 Å². The zero-order valence-corrected chi connectivity index (χ0v) is 11.7. The Hall–Kier alpha value is 0.690. The van der Waals surface area contributed by atoms with Crippen LogP contribution in [0.4, 0.5) is 0 Å². The van der Waals surface area contributed by atoms with E-state index in [-0.39, 0.29) is 0 Å². The van der Waals surface area contributed by atoms with Gasteiger partial charge in [0.2, 0.25) is 0 Å². The van der Waals surface area contributed by atoms with Gasteiger partial charge in [0.05, 0.1) is 0 Å². The van der Waals surface area contributed by atoms with Crippen molar-refractivity contribution >= 4 is 22.6 Å². The van der Waals surface area contributed by atoms with Crippen LogP contribution in [0.1, 0.15) is 40.5 Å². The molecule has 2 atom stereocenters. The molecule has 0 saturated carbocycles. The van der Waals surface area contributed by atoms with Crippen molar-refractivity contribution in [3.63, 3.8) is 0 Å².